The third kappa shape index (κ3) is 3.04. The van der Waals surface area contributed by atoms with Crippen molar-refractivity contribution in [2.45, 2.75) is 10.9 Å². The Bertz CT molecular complexity index is 884. The summed E-state index contributed by atoms with van der Waals surface area (Å²) in [5.74, 6) is 1.91. The average Bonchev–Trinajstić information content (AvgIpc) is 3.33. The summed E-state index contributed by atoms with van der Waals surface area (Å²) in [4.78, 5) is 4.30. The van der Waals surface area contributed by atoms with Crippen LogP contribution in [0.1, 0.15) is 5.69 Å². The largest absolute Gasteiger partial charge is 0.461 e. The minimum Gasteiger partial charge on any atom is -0.461 e. The van der Waals surface area contributed by atoms with Crippen LogP contribution in [-0.2, 0) is 5.75 Å². The lowest BCUT2D eigenvalue weighted by molar-refractivity contribution is 0.413. The van der Waals surface area contributed by atoms with Crippen LogP contribution < -0.4 is 0 Å². The summed E-state index contributed by atoms with van der Waals surface area (Å²) < 4.78 is 12.3. The van der Waals surface area contributed by atoms with Crippen molar-refractivity contribution in [3.8, 4) is 17.2 Å². The van der Waals surface area contributed by atoms with E-state index in [0.29, 0.717) is 22.4 Å². The number of benzene rings is 1. The van der Waals surface area contributed by atoms with E-state index < -0.39 is 0 Å². The third-order valence-corrected chi connectivity index (χ3v) is 4.05. The molecule has 1 aromatic carbocycles. The molecule has 0 aliphatic rings. The van der Waals surface area contributed by atoms with Crippen molar-refractivity contribution in [2.75, 3.05) is 0 Å². The Hall–Kier alpha value is -2.80. The van der Waals surface area contributed by atoms with Gasteiger partial charge in [-0.3, -0.25) is 0 Å². The van der Waals surface area contributed by atoms with Crippen LogP contribution in [0.15, 0.2) is 75.2 Å². The van der Waals surface area contributed by atoms with Crippen molar-refractivity contribution in [3.05, 3.63) is 66.8 Å². The fourth-order valence-electron chi connectivity index (χ4n) is 2.07. The quantitative estimate of drug-likeness (QED) is 0.520. The standard InChI is InChI=1S/C16H12N4O2S/c1-2-5-13(6-3-1)20-11-17-16(18-20)23-10-12-9-15(22-19-12)14-7-4-8-21-14/h1-9,11H,10H2. The summed E-state index contributed by atoms with van der Waals surface area (Å²) in [6.45, 7) is 0. The summed E-state index contributed by atoms with van der Waals surface area (Å²) in [5.41, 5.74) is 1.80. The highest BCUT2D eigenvalue weighted by Crippen LogP contribution is 2.24. The molecule has 6 nitrogen and oxygen atoms in total. The zero-order chi connectivity index (χ0) is 15.5. The first-order valence-electron chi connectivity index (χ1n) is 6.98. The number of para-hydroxylation sites is 1. The van der Waals surface area contributed by atoms with Gasteiger partial charge in [-0.25, -0.2) is 9.67 Å². The predicted octanol–water partition coefficient (Wildman–Crippen LogP) is 3.81. The van der Waals surface area contributed by atoms with Gasteiger partial charge in [0.25, 0.3) is 0 Å². The molecule has 0 bridgehead atoms. The monoisotopic (exact) mass is 324 g/mol. The summed E-state index contributed by atoms with van der Waals surface area (Å²) in [5, 5.41) is 9.17. The highest BCUT2D eigenvalue weighted by Gasteiger charge is 2.10. The second-order valence-corrected chi connectivity index (χ2v) is 5.70. The van der Waals surface area contributed by atoms with E-state index in [4.69, 9.17) is 8.94 Å². The molecule has 0 aliphatic carbocycles. The van der Waals surface area contributed by atoms with Gasteiger partial charge >= 0.3 is 0 Å². The Labute approximate surface area is 136 Å². The highest BCUT2D eigenvalue weighted by molar-refractivity contribution is 7.98. The molecule has 0 saturated heterocycles. The smallest absolute Gasteiger partial charge is 0.209 e. The average molecular weight is 324 g/mol. The number of furan rings is 1. The zero-order valence-electron chi connectivity index (χ0n) is 12.0. The number of nitrogens with zero attached hydrogens (tertiary/aromatic N) is 4. The molecular formula is C16H12N4O2S. The van der Waals surface area contributed by atoms with Crippen LogP contribution in [0.25, 0.3) is 17.2 Å². The second-order valence-electron chi connectivity index (χ2n) is 4.76. The van der Waals surface area contributed by atoms with Crippen LogP contribution in [-0.4, -0.2) is 19.9 Å². The van der Waals surface area contributed by atoms with Gasteiger partial charge in [0.2, 0.25) is 10.9 Å². The predicted molar refractivity (Wildman–Crippen MR) is 85.1 cm³/mol. The summed E-state index contributed by atoms with van der Waals surface area (Å²) in [6, 6.07) is 15.4. The SMILES string of the molecule is c1ccc(-n2cnc(SCc3cc(-c4ccco4)on3)n2)cc1. The fraction of sp³-hybridized carbons (Fsp3) is 0.0625. The molecule has 0 fully saturated rings. The number of hydrogen-bond acceptors (Lipinski definition) is 6. The molecule has 0 unspecified atom stereocenters. The normalized spacial score (nSPS) is 11.0. The van der Waals surface area contributed by atoms with Crippen LogP contribution in [0.3, 0.4) is 0 Å². The van der Waals surface area contributed by atoms with E-state index in [-0.39, 0.29) is 0 Å². The van der Waals surface area contributed by atoms with Gasteiger partial charge in [-0.2, -0.15) is 0 Å². The number of rotatable bonds is 5. The summed E-state index contributed by atoms with van der Waals surface area (Å²) in [7, 11) is 0. The Morgan fingerprint density at radius 1 is 1.04 bits per heavy atom. The maximum Gasteiger partial charge on any atom is 0.209 e. The van der Waals surface area contributed by atoms with E-state index in [1.165, 1.54) is 11.8 Å². The van der Waals surface area contributed by atoms with Gasteiger partial charge in [-0.1, -0.05) is 35.1 Å². The molecule has 0 amide bonds. The number of aromatic nitrogens is 4. The van der Waals surface area contributed by atoms with Gasteiger partial charge in [0.05, 0.1) is 17.6 Å². The Kier molecular flexibility index (Phi) is 3.69. The van der Waals surface area contributed by atoms with Crippen molar-refractivity contribution in [1.82, 2.24) is 19.9 Å². The molecule has 7 heteroatoms. The van der Waals surface area contributed by atoms with Crippen LogP contribution in [0.4, 0.5) is 0 Å². The second kappa shape index (κ2) is 6.13. The van der Waals surface area contributed by atoms with Crippen LogP contribution in [0, 0.1) is 0 Å². The lowest BCUT2D eigenvalue weighted by atomic mass is 10.3. The maximum atomic E-state index is 5.28. The molecule has 0 atom stereocenters. The van der Waals surface area contributed by atoms with Crippen LogP contribution >= 0.6 is 11.8 Å². The molecule has 0 spiro atoms. The lowest BCUT2D eigenvalue weighted by Crippen LogP contribution is -1.93. The first kappa shape index (κ1) is 13.8. The van der Waals surface area contributed by atoms with Gasteiger partial charge in [-0.15, -0.1) is 5.10 Å². The minimum absolute atomic E-state index is 0.619. The Balaban J connectivity index is 1.43. The Morgan fingerprint density at radius 2 is 1.96 bits per heavy atom. The first-order valence-corrected chi connectivity index (χ1v) is 7.96. The Morgan fingerprint density at radius 3 is 2.78 bits per heavy atom. The maximum absolute atomic E-state index is 5.28. The van der Waals surface area contributed by atoms with Crippen LogP contribution in [0.5, 0.6) is 0 Å². The molecule has 0 N–H and O–H groups in total. The topological polar surface area (TPSA) is 69.9 Å². The number of thioether (sulfide) groups is 1. The van der Waals surface area contributed by atoms with Gasteiger partial charge in [0.1, 0.15) is 6.33 Å². The third-order valence-electron chi connectivity index (χ3n) is 3.16. The van der Waals surface area contributed by atoms with Crippen molar-refractivity contribution in [2.24, 2.45) is 0 Å². The van der Waals surface area contributed by atoms with E-state index in [2.05, 4.69) is 15.2 Å². The summed E-state index contributed by atoms with van der Waals surface area (Å²) >= 11 is 1.50. The van der Waals surface area contributed by atoms with Crippen molar-refractivity contribution >= 4 is 11.8 Å². The van der Waals surface area contributed by atoms with E-state index in [1.54, 1.807) is 17.3 Å². The van der Waals surface area contributed by atoms with Crippen molar-refractivity contribution in [1.29, 1.82) is 0 Å². The minimum atomic E-state index is 0.619. The van der Waals surface area contributed by atoms with E-state index in [1.807, 2.05) is 48.5 Å². The molecule has 0 saturated carbocycles. The molecule has 3 aromatic heterocycles. The van der Waals surface area contributed by atoms with Gasteiger partial charge in [-0.05, 0) is 24.3 Å². The van der Waals surface area contributed by atoms with Crippen molar-refractivity contribution in [3.63, 3.8) is 0 Å². The molecule has 3 heterocycles. The van der Waals surface area contributed by atoms with E-state index in [9.17, 15) is 0 Å². The number of hydrogen-bond donors (Lipinski definition) is 0. The first-order chi connectivity index (χ1) is 11.4. The zero-order valence-corrected chi connectivity index (χ0v) is 12.8. The molecule has 4 aromatic rings. The molecule has 4 rings (SSSR count). The van der Waals surface area contributed by atoms with E-state index in [0.717, 1.165) is 11.4 Å². The lowest BCUT2D eigenvalue weighted by Gasteiger charge is -1.97. The van der Waals surface area contributed by atoms with Gasteiger partial charge in [0.15, 0.2) is 5.76 Å². The molecular weight excluding hydrogens is 312 g/mol. The van der Waals surface area contributed by atoms with Crippen molar-refractivity contribution < 1.29 is 8.94 Å². The molecule has 114 valence electrons. The van der Waals surface area contributed by atoms with E-state index >= 15 is 0 Å². The van der Waals surface area contributed by atoms with Crippen LogP contribution in [0.2, 0.25) is 0 Å². The molecule has 23 heavy (non-hydrogen) atoms. The fourth-order valence-corrected chi connectivity index (χ4v) is 2.75. The van der Waals surface area contributed by atoms with Gasteiger partial charge < -0.3 is 8.94 Å². The highest BCUT2D eigenvalue weighted by atomic mass is 32.2. The molecule has 0 radical (unpaired) electrons. The summed E-state index contributed by atoms with van der Waals surface area (Å²) in [6.07, 6.45) is 3.31. The van der Waals surface area contributed by atoms with Gasteiger partial charge in [0, 0.05) is 11.8 Å². The molecule has 0 aliphatic heterocycles.